The average Bonchev–Trinajstić information content (AvgIpc) is 2.29. The fourth-order valence-electron chi connectivity index (χ4n) is 2.17. The van der Waals surface area contributed by atoms with Gasteiger partial charge in [0.25, 0.3) is 0 Å². The van der Waals surface area contributed by atoms with Gasteiger partial charge in [-0.1, -0.05) is 19.9 Å². The third-order valence-corrected chi connectivity index (χ3v) is 4.73. The first-order chi connectivity index (χ1) is 8.49. The predicted octanol–water partition coefficient (Wildman–Crippen LogP) is 3.59. The first-order valence-electron chi connectivity index (χ1n) is 6.24. The Morgan fingerprint density at radius 3 is 2.83 bits per heavy atom. The Bertz CT molecular complexity index is 420. The molecular weight excluding hydrogens is 252 g/mol. The van der Waals surface area contributed by atoms with Crippen LogP contribution in [0.2, 0.25) is 0 Å². The van der Waals surface area contributed by atoms with Crippen molar-refractivity contribution >= 4 is 11.8 Å². The van der Waals surface area contributed by atoms with Gasteiger partial charge in [-0.25, -0.2) is 8.78 Å². The van der Waals surface area contributed by atoms with Crippen LogP contribution in [-0.2, 0) is 6.54 Å². The van der Waals surface area contributed by atoms with Gasteiger partial charge in [0, 0.05) is 30.0 Å². The molecule has 100 valence electrons. The Morgan fingerprint density at radius 2 is 2.17 bits per heavy atom. The molecule has 1 heterocycles. The summed E-state index contributed by atoms with van der Waals surface area (Å²) >= 11 is 1.93. The zero-order valence-corrected chi connectivity index (χ0v) is 11.6. The third kappa shape index (κ3) is 3.23. The van der Waals surface area contributed by atoms with Crippen molar-refractivity contribution in [3.63, 3.8) is 0 Å². The maximum Gasteiger partial charge on any atom is 0.130 e. The van der Waals surface area contributed by atoms with E-state index in [1.165, 1.54) is 24.3 Å². The summed E-state index contributed by atoms with van der Waals surface area (Å²) in [4.78, 5) is 0. The molecule has 0 aliphatic carbocycles. The first-order valence-corrected chi connectivity index (χ1v) is 7.39. The second-order valence-corrected chi connectivity index (χ2v) is 6.63. The molecule has 0 spiro atoms. The largest absolute Gasteiger partial charge is 0.308 e. The summed E-state index contributed by atoms with van der Waals surface area (Å²) in [7, 11) is 0. The Morgan fingerprint density at radius 1 is 1.39 bits per heavy atom. The lowest BCUT2D eigenvalue weighted by atomic mass is 9.82. The van der Waals surface area contributed by atoms with Gasteiger partial charge in [0.2, 0.25) is 0 Å². The van der Waals surface area contributed by atoms with Crippen LogP contribution in [0.3, 0.4) is 0 Å². The minimum absolute atomic E-state index is 0.238. The van der Waals surface area contributed by atoms with Gasteiger partial charge in [-0.3, -0.25) is 0 Å². The number of hydrogen-bond donors (Lipinski definition) is 1. The van der Waals surface area contributed by atoms with Crippen molar-refractivity contribution in [1.82, 2.24) is 5.32 Å². The standard InChI is InChI=1S/C14H19F2NS/c1-14(2)5-6-18-9-13(14)17-8-10-3-4-11(15)7-12(10)16/h3-4,7,13,17H,5-6,8-9H2,1-2H3. The van der Waals surface area contributed by atoms with Crippen LogP contribution in [-0.4, -0.2) is 17.5 Å². The SMILES string of the molecule is CC1(C)CCSCC1NCc1ccc(F)cc1F. The van der Waals surface area contributed by atoms with Crippen LogP contribution in [0.15, 0.2) is 18.2 Å². The molecule has 0 aromatic heterocycles. The van der Waals surface area contributed by atoms with Gasteiger partial charge in [0.15, 0.2) is 0 Å². The summed E-state index contributed by atoms with van der Waals surface area (Å²) < 4.78 is 26.3. The molecule has 1 fully saturated rings. The van der Waals surface area contributed by atoms with Crippen LogP contribution in [0.5, 0.6) is 0 Å². The third-order valence-electron chi connectivity index (χ3n) is 3.67. The van der Waals surface area contributed by atoms with E-state index in [0.717, 1.165) is 11.8 Å². The number of benzene rings is 1. The number of hydrogen-bond acceptors (Lipinski definition) is 2. The normalized spacial score (nSPS) is 23.0. The summed E-state index contributed by atoms with van der Waals surface area (Å²) in [5, 5.41) is 3.41. The fraction of sp³-hybridized carbons (Fsp3) is 0.571. The molecule has 1 aliphatic rings. The van der Waals surface area contributed by atoms with E-state index in [-0.39, 0.29) is 5.41 Å². The molecule has 1 aliphatic heterocycles. The van der Waals surface area contributed by atoms with E-state index in [1.807, 2.05) is 11.8 Å². The van der Waals surface area contributed by atoms with Gasteiger partial charge >= 0.3 is 0 Å². The molecule has 0 saturated carbocycles. The minimum atomic E-state index is -0.523. The van der Waals surface area contributed by atoms with Crippen LogP contribution in [0, 0.1) is 17.0 Å². The monoisotopic (exact) mass is 271 g/mol. The minimum Gasteiger partial charge on any atom is -0.308 e. The molecular formula is C14H19F2NS. The molecule has 1 aromatic rings. The molecule has 0 radical (unpaired) electrons. The van der Waals surface area contributed by atoms with E-state index in [9.17, 15) is 8.78 Å². The van der Waals surface area contributed by atoms with Crippen molar-refractivity contribution in [1.29, 1.82) is 0 Å². The molecule has 0 bridgehead atoms. The maximum absolute atomic E-state index is 13.5. The van der Waals surface area contributed by atoms with Crippen LogP contribution >= 0.6 is 11.8 Å². The molecule has 1 aromatic carbocycles. The van der Waals surface area contributed by atoms with Crippen molar-refractivity contribution in [2.45, 2.75) is 32.9 Å². The van der Waals surface area contributed by atoms with E-state index in [4.69, 9.17) is 0 Å². The number of rotatable bonds is 3. The van der Waals surface area contributed by atoms with Gasteiger partial charge in [0.1, 0.15) is 11.6 Å². The zero-order chi connectivity index (χ0) is 13.2. The number of halogens is 2. The van der Waals surface area contributed by atoms with Crippen molar-refractivity contribution in [3.8, 4) is 0 Å². The Hall–Kier alpha value is -0.610. The van der Waals surface area contributed by atoms with Crippen LogP contribution in [0.4, 0.5) is 8.78 Å². The smallest absolute Gasteiger partial charge is 0.130 e. The highest BCUT2D eigenvalue weighted by atomic mass is 32.2. The summed E-state index contributed by atoms with van der Waals surface area (Å²) in [5.74, 6) is 1.25. The van der Waals surface area contributed by atoms with Crippen molar-refractivity contribution in [2.75, 3.05) is 11.5 Å². The Labute approximate surface area is 111 Å². The molecule has 0 amide bonds. The molecule has 2 rings (SSSR count). The number of thioether (sulfide) groups is 1. The van der Waals surface area contributed by atoms with Crippen LogP contribution in [0.1, 0.15) is 25.8 Å². The highest BCUT2D eigenvalue weighted by molar-refractivity contribution is 7.99. The molecule has 1 atom stereocenters. The van der Waals surface area contributed by atoms with E-state index in [0.29, 0.717) is 18.2 Å². The van der Waals surface area contributed by atoms with E-state index >= 15 is 0 Å². The van der Waals surface area contributed by atoms with E-state index < -0.39 is 11.6 Å². The summed E-state index contributed by atoms with van der Waals surface area (Å²) in [5.41, 5.74) is 0.768. The molecule has 1 N–H and O–H groups in total. The van der Waals surface area contributed by atoms with Gasteiger partial charge < -0.3 is 5.32 Å². The van der Waals surface area contributed by atoms with Gasteiger partial charge in [-0.05, 0) is 23.7 Å². The Kier molecular flexibility index (Phi) is 4.28. The maximum atomic E-state index is 13.5. The lowest BCUT2D eigenvalue weighted by Crippen LogP contribution is -2.46. The lowest BCUT2D eigenvalue weighted by molar-refractivity contribution is 0.244. The first kappa shape index (κ1) is 13.8. The highest BCUT2D eigenvalue weighted by Gasteiger charge is 2.32. The second kappa shape index (κ2) is 5.57. The quantitative estimate of drug-likeness (QED) is 0.901. The Balaban J connectivity index is 1.98. The predicted molar refractivity (Wildman–Crippen MR) is 72.7 cm³/mol. The van der Waals surface area contributed by atoms with Gasteiger partial charge in [-0.15, -0.1) is 0 Å². The lowest BCUT2D eigenvalue weighted by Gasteiger charge is -2.39. The molecule has 1 nitrogen and oxygen atoms in total. The van der Waals surface area contributed by atoms with E-state index in [1.54, 1.807) is 0 Å². The van der Waals surface area contributed by atoms with Gasteiger partial charge in [0.05, 0.1) is 0 Å². The second-order valence-electron chi connectivity index (χ2n) is 5.48. The van der Waals surface area contributed by atoms with Crippen molar-refractivity contribution in [3.05, 3.63) is 35.4 Å². The molecule has 1 unspecified atom stereocenters. The van der Waals surface area contributed by atoms with E-state index in [2.05, 4.69) is 19.2 Å². The summed E-state index contributed by atoms with van der Waals surface area (Å²) in [6.07, 6.45) is 1.17. The number of nitrogens with one attached hydrogen (secondary N) is 1. The fourth-order valence-corrected chi connectivity index (χ4v) is 3.81. The van der Waals surface area contributed by atoms with Crippen molar-refractivity contribution < 1.29 is 8.78 Å². The van der Waals surface area contributed by atoms with Crippen LogP contribution in [0.25, 0.3) is 0 Å². The molecule has 4 heteroatoms. The topological polar surface area (TPSA) is 12.0 Å². The average molecular weight is 271 g/mol. The zero-order valence-electron chi connectivity index (χ0n) is 10.8. The molecule has 1 saturated heterocycles. The van der Waals surface area contributed by atoms with Gasteiger partial charge in [-0.2, -0.15) is 11.8 Å². The summed E-state index contributed by atoms with van der Waals surface area (Å²) in [6.45, 7) is 4.94. The summed E-state index contributed by atoms with van der Waals surface area (Å²) in [6, 6.07) is 4.14. The van der Waals surface area contributed by atoms with Crippen molar-refractivity contribution in [2.24, 2.45) is 5.41 Å². The molecule has 18 heavy (non-hydrogen) atoms. The van der Waals surface area contributed by atoms with Crippen LogP contribution < -0.4 is 5.32 Å². The highest BCUT2D eigenvalue weighted by Crippen LogP contribution is 2.34.